The summed E-state index contributed by atoms with van der Waals surface area (Å²) in [7, 11) is -3.52. The SMILES string of the molecule is CC(NCC(C)(C)NS(=O)(=O)c1ccccc1)c1ccccc1. The van der Waals surface area contributed by atoms with E-state index in [2.05, 4.69) is 29.1 Å². The zero-order valence-corrected chi connectivity index (χ0v) is 14.6. The van der Waals surface area contributed by atoms with E-state index in [9.17, 15) is 8.42 Å². The monoisotopic (exact) mass is 332 g/mol. The number of hydrogen-bond acceptors (Lipinski definition) is 3. The molecule has 0 fully saturated rings. The standard InChI is InChI=1S/C18H24N2O2S/c1-15(16-10-6-4-7-11-16)19-14-18(2,3)20-23(21,22)17-12-8-5-9-13-17/h4-13,15,19-20H,14H2,1-3H3. The molecule has 0 bridgehead atoms. The van der Waals surface area contributed by atoms with E-state index in [-0.39, 0.29) is 10.9 Å². The van der Waals surface area contributed by atoms with Crippen LogP contribution < -0.4 is 10.0 Å². The molecule has 124 valence electrons. The molecule has 5 heteroatoms. The van der Waals surface area contributed by atoms with Crippen LogP contribution in [0.3, 0.4) is 0 Å². The highest BCUT2D eigenvalue weighted by molar-refractivity contribution is 7.89. The minimum absolute atomic E-state index is 0.150. The fraction of sp³-hybridized carbons (Fsp3) is 0.333. The van der Waals surface area contributed by atoms with Crippen molar-refractivity contribution in [2.75, 3.05) is 6.54 Å². The Morgan fingerprint density at radius 1 is 0.957 bits per heavy atom. The summed E-state index contributed by atoms with van der Waals surface area (Å²) in [5.41, 5.74) is 0.576. The van der Waals surface area contributed by atoms with Crippen molar-refractivity contribution in [1.82, 2.24) is 10.0 Å². The van der Waals surface area contributed by atoms with Crippen LogP contribution in [-0.2, 0) is 10.0 Å². The van der Waals surface area contributed by atoms with E-state index < -0.39 is 15.6 Å². The van der Waals surface area contributed by atoms with Crippen molar-refractivity contribution in [1.29, 1.82) is 0 Å². The van der Waals surface area contributed by atoms with Crippen LogP contribution in [0.4, 0.5) is 0 Å². The molecule has 0 aromatic heterocycles. The van der Waals surface area contributed by atoms with Gasteiger partial charge in [0.1, 0.15) is 0 Å². The molecule has 0 aliphatic carbocycles. The molecule has 2 aromatic rings. The Balaban J connectivity index is 1.99. The summed E-state index contributed by atoms with van der Waals surface area (Å²) in [6.07, 6.45) is 0. The average Bonchev–Trinajstić information content (AvgIpc) is 2.53. The van der Waals surface area contributed by atoms with Gasteiger partial charge in [0.15, 0.2) is 0 Å². The van der Waals surface area contributed by atoms with Gasteiger partial charge in [-0.15, -0.1) is 0 Å². The van der Waals surface area contributed by atoms with Gasteiger partial charge in [-0.1, -0.05) is 48.5 Å². The molecule has 4 nitrogen and oxygen atoms in total. The molecule has 0 saturated carbocycles. The molecule has 0 saturated heterocycles. The molecule has 2 aromatic carbocycles. The fourth-order valence-corrected chi connectivity index (χ4v) is 3.76. The van der Waals surface area contributed by atoms with Crippen molar-refractivity contribution in [3.63, 3.8) is 0 Å². The molecule has 0 amide bonds. The first-order valence-corrected chi connectivity index (χ1v) is 9.16. The molecule has 2 rings (SSSR count). The highest BCUT2D eigenvalue weighted by atomic mass is 32.2. The summed E-state index contributed by atoms with van der Waals surface area (Å²) in [6, 6.07) is 18.7. The Bertz CT molecular complexity index is 713. The minimum atomic E-state index is -3.52. The molecule has 0 spiro atoms. The van der Waals surface area contributed by atoms with E-state index in [1.165, 1.54) is 5.56 Å². The largest absolute Gasteiger partial charge is 0.308 e. The molecule has 1 atom stereocenters. The predicted octanol–water partition coefficient (Wildman–Crippen LogP) is 3.09. The van der Waals surface area contributed by atoms with Crippen LogP contribution >= 0.6 is 0 Å². The lowest BCUT2D eigenvalue weighted by Gasteiger charge is -2.28. The number of sulfonamides is 1. The van der Waals surface area contributed by atoms with Gasteiger partial charge < -0.3 is 5.32 Å². The molecule has 0 radical (unpaired) electrons. The summed E-state index contributed by atoms with van der Waals surface area (Å²) in [4.78, 5) is 0.282. The van der Waals surface area contributed by atoms with Gasteiger partial charge in [-0.2, -0.15) is 0 Å². The maximum Gasteiger partial charge on any atom is 0.241 e. The molecule has 2 N–H and O–H groups in total. The summed E-state index contributed by atoms with van der Waals surface area (Å²) in [5, 5.41) is 3.39. The Hall–Kier alpha value is -1.69. The second kappa shape index (κ2) is 7.25. The van der Waals surface area contributed by atoms with Crippen LogP contribution in [0, 0.1) is 0 Å². The molecule has 1 unspecified atom stereocenters. The third-order valence-electron chi connectivity index (χ3n) is 3.61. The van der Waals surface area contributed by atoms with Crippen molar-refractivity contribution >= 4 is 10.0 Å². The summed E-state index contributed by atoms with van der Waals surface area (Å²) >= 11 is 0. The van der Waals surface area contributed by atoms with Crippen molar-refractivity contribution in [3.8, 4) is 0 Å². The average molecular weight is 332 g/mol. The quantitative estimate of drug-likeness (QED) is 0.819. The van der Waals surface area contributed by atoms with Gasteiger partial charge in [0.05, 0.1) is 4.90 Å². The number of benzene rings is 2. The van der Waals surface area contributed by atoms with Crippen LogP contribution in [0.2, 0.25) is 0 Å². The van der Waals surface area contributed by atoms with Gasteiger partial charge in [-0.05, 0) is 38.5 Å². The van der Waals surface area contributed by atoms with Crippen molar-refractivity contribution in [2.24, 2.45) is 0 Å². The van der Waals surface area contributed by atoms with E-state index in [1.807, 2.05) is 32.0 Å². The van der Waals surface area contributed by atoms with E-state index in [1.54, 1.807) is 30.3 Å². The molecule has 0 heterocycles. The Kier molecular flexibility index (Phi) is 5.57. The molecule has 0 aliphatic rings. The van der Waals surface area contributed by atoms with Gasteiger partial charge in [0.2, 0.25) is 10.0 Å². The van der Waals surface area contributed by atoms with E-state index in [0.29, 0.717) is 6.54 Å². The third-order valence-corrected chi connectivity index (χ3v) is 5.33. The first kappa shape index (κ1) is 17.7. The maximum absolute atomic E-state index is 12.4. The third kappa shape index (κ3) is 5.16. The molecule has 0 aliphatic heterocycles. The minimum Gasteiger partial charge on any atom is -0.308 e. The lowest BCUT2D eigenvalue weighted by molar-refractivity contribution is 0.398. The topological polar surface area (TPSA) is 58.2 Å². The first-order chi connectivity index (χ1) is 10.8. The molecular formula is C18H24N2O2S. The van der Waals surface area contributed by atoms with Gasteiger partial charge in [-0.3, -0.25) is 0 Å². The lowest BCUT2D eigenvalue weighted by atomic mass is 10.0. The van der Waals surface area contributed by atoms with Crippen molar-refractivity contribution in [3.05, 3.63) is 66.2 Å². The zero-order chi connectivity index (χ0) is 16.9. The zero-order valence-electron chi connectivity index (χ0n) is 13.8. The number of hydrogen-bond donors (Lipinski definition) is 2. The van der Waals surface area contributed by atoms with Crippen LogP contribution in [-0.4, -0.2) is 20.5 Å². The van der Waals surface area contributed by atoms with E-state index in [4.69, 9.17) is 0 Å². The van der Waals surface area contributed by atoms with Crippen LogP contribution in [0.5, 0.6) is 0 Å². The van der Waals surface area contributed by atoms with Crippen LogP contribution in [0.1, 0.15) is 32.4 Å². The summed E-state index contributed by atoms with van der Waals surface area (Å²) < 4.78 is 27.6. The first-order valence-electron chi connectivity index (χ1n) is 7.67. The van der Waals surface area contributed by atoms with Gasteiger partial charge >= 0.3 is 0 Å². The Labute approximate surface area is 139 Å². The lowest BCUT2D eigenvalue weighted by Crippen LogP contribution is -2.50. The van der Waals surface area contributed by atoms with E-state index in [0.717, 1.165) is 0 Å². The number of nitrogens with one attached hydrogen (secondary N) is 2. The maximum atomic E-state index is 12.4. The van der Waals surface area contributed by atoms with Crippen LogP contribution in [0.25, 0.3) is 0 Å². The summed E-state index contributed by atoms with van der Waals surface area (Å²) in [6.45, 7) is 6.34. The highest BCUT2D eigenvalue weighted by Gasteiger charge is 2.26. The van der Waals surface area contributed by atoms with Crippen molar-refractivity contribution < 1.29 is 8.42 Å². The van der Waals surface area contributed by atoms with Gasteiger partial charge in [0, 0.05) is 18.1 Å². The molecular weight excluding hydrogens is 308 g/mol. The van der Waals surface area contributed by atoms with Crippen LogP contribution in [0.15, 0.2) is 65.6 Å². The van der Waals surface area contributed by atoms with Gasteiger partial charge in [0.25, 0.3) is 0 Å². The number of rotatable bonds is 7. The second-order valence-electron chi connectivity index (χ2n) is 6.32. The molecule has 23 heavy (non-hydrogen) atoms. The Morgan fingerprint density at radius 3 is 2.04 bits per heavy atom. The predicted molar refractivity (Wildman–Crippen MR) is 93.7 cm³/mol. The second-order valence-corrected chi connectivity index (χ2v) is 8.00. The van der Waals surface area contributed by atoms with E-state index >= 15 is 0 Å². The normalized spacial score (nSPS) is 13.7. The Morgan fingerprint density at radius 2 is 1.48 bits per heavy atom. The summed E-state index contributed by atoms with van der Waals surface area (Å²) in [5.74, 6) is 0. The van der Waals surface area contributed by atoms with Crippen molar-refractivity contribution in [2.45, 2.75) is 37.2 Å². The van der Waals surface area contributed by atoms with Gasteiger partial charge in [-0.25, -0.2) is 13.1 Å². The highest BCUT2D eigenvalue weighted by Crippen LogP contribution is 2.15. The smallest absolute Gasteiger partial charge is 0.241 e. The fourth-order valence-electron chi connectivity index (χ4n) is 2.33.